The molecular formula is C38H54N14O6+2. The SMILES string of the molecule is Cn1cc(NC(=O)c2cc(NC(=O)CCCCCCC(=O)Nc3cc(C(=O)Nc4cc(C(=O)NCCC(N)=[NH2+])n(C)c4)n(C)c3)cn2C)cc1C(=O)NCCC(N)=[NH2+]. The lowest BCUT2D eigenvalue weighted by Gasteiger charge is -2.04. The Labute approximate surface area is 335 Å². The normalized spacial score (nSPS) is 10.8. The van der Waals surface area contributed by atoms with Crippen LogP contribution in [0, 0.1) is 0 Å². The second kappa shape index (κ2) is 20.2. The van der Waals surface area contributed by atoms with Gasteiger partial charge in [0.1, 0.15) is 22.8 Å². The Morgan fingerprint density at radius 2 is 0.759 bits per heavy atom. The Morgan fingerprint density at radius 1 is 0.466 bits per heavy atom. The minimum absolute atomic E-state index is 0.201. The van der Waals surface area contributed by atoms with Gasteiger partial charge in [-0.3, -0.25) is 51.1 Å². The van der Waals surface area contributed by atoms with E-state index in [-0.39, 0.29) is 61.2 Å². The van der Waals surface area contributed by atoms with Crippen LogP contribution in [0.15, 0.2) is 49.1 Å². The van der Waals surface area contributed by atoms with E-state index in [4.69, 9.17) is 22.3 Å². The number of hydrogen-bond donors (Lipinski definition) is 10. The van der Waals surface area contributed by atoms with Gasteiger partial charge in [0.2, 0.25) is 23.5 Å². The van der Waals surface area contributed by atoms with Gasteiger partial charge in [-0.2, -0.15) is 0 Å². The molecule has 0 fully saturated rings. The van der Waals surface area contributed by atoms with Gasteiger partial charge < -0.3 is 50.2 Å². The second-order valence-electron chi connectivity index (χ2n) is 14.0. The van der Waals surface area contributed by atoms with E-state index >= 15 is 0 Å². The van der Waals surface area contributed by atoms with Crippen LogP contribution in [-0.2, 0) is 37.8 Å². The molecule has 14 N–H and O–H groups in total. The van der Waals surface area contributed by atoms with Crippen molar-refractivity contribution in [1.82, 2.24) is 28.9 Å². The number of anilines is 4. The first-order chi connectivity index (χ1) is 27.5. The van der Waals surface area contributed by atoms with Gasteiger partial charge in [0.05, 0.1) is 35.6 Å². The van der Waals surface area contributed by atoms with Crippen LogP contribution in [-0.4, -0.2) is 78.5 Å². The van der Waals surface area contributed by atoms with Crippen LogP contribution in [0.1, 0.15) is 93.3 Å². The molecule has 20 heteroatoms. The summed E-state index contributed by atoms with van der Waals surface area (Å²) in [7, 11) is 6.75. The zero-order valence-electron chi connectivity index (χ0n) is 33.2. The maximum absolute atomic E-state index is 13.0. The lowest BCUT2D eigenvalue weighted by atomic mass is 10.1. The number of carbonyl (C=O) groups is 6. The molecule has 0 aliphatic carbocycles. The number of nitrogens with two attached hydrogens (primary N) is 4. The third-order valence-electron chi connectivity index (χ3n) is 8.99. The maximum atomic E-state index is 13.0. The van der Waals surface area contributed by atoms with Crippen LogP contribution in [0.3, 0.4) is 0 Å². The van der Waals surface area contributed by atoms with Crippen molar-refractivity contribution in [2.24, 2.45) is 39.7 Å². The first-order valence-corrected chi connectivity index (χ1v) is 18.7. The Hall–Kier alpha value is -7.12. The molecule has 0 aromatic carbocycles. The van der Waals surface area contributed by atoms with Crippen molar-refractivity contribution in [3.8, 4) is 0 Å². The molecule has 0 saturated heterocycles. The number of aryl methyl sites for hydroxylation is 4. The van der Waals surface area contributed by atoms with Gasteiger partial charge in [0.25, 0.3) is 23.6 Å². The molecule has 0 saturated carbocycles. The summed E-state index contributed by atoms with van der Waals surface area (Å²) in [6.45, 7) is 0.564. The Bertz CT molecular complexity index is 2040. The van der Waals surface area contributed by atoms with E-state index in [0.29, 0.717) is 71.2 Å². The van der Waals surface area contributed by atoms with Crippen LogP contribution in [0.2, 0.25) is 0 Å². The lowest BCUT2D eigenvalue weighted by molar-refractivity contribution is -0.118. The van der Waals surface area contributed by atoms with E-state index < -0.39 is 11.8 Å². The number of amides is 6. The van der Waals surface area contributed by atoms with Crippen LogP contribution in [0.25, 0.3) is 0 Å². The van der Waals surface area contributed by atoms with Crippen LogP contribution in [0.4, 0.5) is 22.7 Å². The molecule has 6 amide bonds. The number of rotatable bonds is 21. The van der Waals surface area contributed by atoms with Crippen LogP contribution < -0.4 is 54.2 Å². The molecule has 0 bridgehead atoms. The molecule has 0 atom stereocenters. The molecule has 0 unspecified atom stereocenters. The van der Waals surface area contributed by atoms with Crippen molar-refractivity contribution in [3.63, 3.8) is 0 Å². The molecule has 4 rings (SSSR count). The molecule has 0 radical (unpaired) electrons. The molecule has 0 aliphatic heterocycles. The van der Waals surface area contributed by atoms with Gasteiger partial charge in [-0.15, -0.1) is 0 Å². The number of aromatic nitrogens is 4. The summed E-state index contributed by atoms with van der Waals surface area (Å²) in [5.41, 5.74) is 14.0. The van der Waals surface area contributed by atoms with Gasteiger partial charge in [-0.05, 0) is 37.1 Å². The molecule has 58 heavy (non-hydrogen) atoms. The monoisotopic (exact) mass is 802 g/mol. The predicted molar refractivity (Wildman–Crippen MR) is 219 cm³/mol. The minimum atomic E-state index is -0.417. The topological polar surface area (TPSA) is 298 Å². The molecular weight excluding hydrogens is 749 g/mol. The van der Waals surface area contributed by atoms with E-state index in [1.54, 1.807) is 95.5 Å². The van der Waals surface area contributed by atoms with Gasteiger partial charge >= 0.3 is 0 Å². The number of nitrogens with one attached hydrogen (secondary N) is 6. The minimum Gasteiger partial charge on any atom is -0.350 e. The quantitative estimate of drug-likeness (QED) is 0.0281. The van der Waals surface area contributed by atoms with Gasteiger partial charge in [-0.1, -0.05) is 12.8 Å². The van der Waals surface area contributed by atoms with Crippen molar-refractivity contribution >= 4 is 69.9 Å². The molecule has 4 aromatic heterocycles. The average molecular weight is 803 g/mol. The number of nitrogens with zero attached hydrogens (tertiary/aromatic N) is 4. The Kier molecular flexibility index (Phi) is 15.2. The summed E-state index contributed by atoms with van der Waals surface area (Å²) < 4.78 is 6.37. The average Bonchev–Trinajstić information content (AvgIpc) is 3.90. The summed E-state index contributed by atoms with van der Waals surface area (Å²) in [5, 5.41) is 27.5. The van der Waals surface area contributed by atoms with E-state index in [2.05, 4.69) is 31.9 Å². The third kappa shape index (κ3) is 12.7. The number of unbranched alkanes of at least 4 members (excludes halogenated alkanes) is 3. The molecule has 4 heterocycles. The van der Waals surface area contributed by atoms with Gasteiger partial charge in [0.15, 0.2) is 0 Å². The smallest absolute Gasteiger partial charge is 0.272 e. The summed E-state index contributed by atoms with van der Waals surface area (Å²) in [6, 6.07) is 6.25. The highest BCUT2D eigenvalue weighted by Crippen LogP contribution is 2.20. The van der Waals surface area contributed by atoms with Crippen LogP contribution >= 0.6 is 0 Å². The number of carbonyl (C=O) groups excluding carboxylic acids is 6. The summed E-state index contributed by atoms with van der Waals surface area (Å²) >= 11 is 0. The highest BCUT2D eigenvalue weighted by molar-refractivity contribution is 6.06. The Balaban J connectivity index is 1.14. The Morgan fingerprint density at radius 3 is 1.07 bits per heavy atom. The van der Waals surface area contributed by atoms with Crippen LogP contribution in [0.5, 0.6) is 0 Å². The molecule has 310 valence electrons. The predicted octanol–water partition coefficient (Wildman–Crippen LogP) is -1.06. The first kappa shape index (κ1) is 43.6. The molecule has 0 aliphatic rings. The maximum Gasteiger partial charge on any atom is 0.272 e. The van der Waals surface area contributed by atoms with Gasteiger partial charge in [-0.25, -0.2) is 0 Å². The van der Waals surface area contributed by atoms with Crippen molar-refractivity contribution < 1.29 is 39.6 Å². The number of hydrogen-bond acceptors (Lipinski definition) is 6. The highest BCUT2D eigenvalue weighted by Gasteiger charge is 2.19. The third-order valence-corrected chi connectivity index (χ3v) is 8.99. The van der Waals surface area contributed by atoms with E-state index in [9.17, 15) is 28.8 Å². The largest absolute Gasteiger partial charge is 0.350 e. The van der Waals surface area contributed by atoms with E-state index in [0.717, 1.165) is 12.8 Å². The second-order valence-corrected chi connectivity index (χ2v) is 14.0. The van der Waals surface area contributed by atoms with Crippen molar-refractivity contribution in [2.45, 2.75) is 51.4 Å². The fraction of sp³-hybridized carbons (Fsp3) is 0.368. The van der Waals surface area contributed by atoms with E-state index in [1.807, 2.05) is 0 Å². The fourth-order valence-corrected chi connectivity index (χ4v) is 6.02. The molecule has 20 nitrogen and oxygen atoms in total. The first-order valence-electron chi connectivity index (χ1n) is 18.7. The van der Waals surface area contributed by atoms with E-state index in [1.165, 1.54) is 0 Å². The fourth-order valence-electron chi connectivity index (χ4n) is 6.02. The number of amidine groups is 2. The molecule has 0 spiro atoms. The summed E-state index contributed by atoms with van der Waals surface area (Å²) in [6.07, 6.45) is 10.4. The summed E-state index contributed by atoms with van der Waals surface area (Å²) in [5.74, 6) is -1.47. The zero-order valence-corrected chi connectivity index (χ0v) is 33.2. The zero-order chi connectivity index (χ0) is 42.5. The molecule has 4 aromatic rings. The van der Waals surface area contributed by atoms with Crippen molar-refractivity contribution in [1.29, 1.82) is 0 Å². The standard InChI is InChI=1S/C38H52N14O6/c1-49-21-25(17-27(49)35(55)43-13-11-31(39)40)47-37(57)29-15-23(19-51(29)3)45-33(53)9-7-5-6-8-10-34(54)46-24-16-30(52(4)20-24)38(58)48-26-18-28(50(2)22-26)36(56)44-14-12-32(41)42/h15-22H,5-14H2,1-4H3,(H3,39,40)(H3,41,42)(H,43,55)(H,44,56)(H,45,53)(H,46,54)(H,47,57)(H,48,58)/p+2. The van der Waals surface area contributed by atoms with Crippen molar-refractivity contribution in [2.75, 3.05) is 34.4 Å². The highest BCUT2D eigenvalue weighted by atomic mass is 16.2. The van der Waals surface area contributed by atoms with Gasteiger partial charge in [0, 0.05) is 78.9 Å². The van der Waals surface area contributed by atoms with Crippen molar-refractivity contribution in [3.05, 3.63) is 71.8 Å². The lowest BCUT2D eigenvalue weighted by Crippen LogP contribution is -2.47. The summed E-state index contributed by atoms with van der Waals surface area (Å²) in [4.78, 5) is 76.3.